The van der Waals surface area contributed by atoms with Crippen molar-refractivity contribution in [3.63, 3.8) is 0 Å². The molecule has 1 aromatic carbocycles. The fraction of sp³-hybridized carbons (Fsp3) is 0.700. The largest absolute Gasteiger partial charge is 0.497 e. The molecule has 3 fully saturated rings. The summed E-state index contributed by atoms with van der Waals surface area (Å²) >= 11 is 0. The molecule has 0 amide bonds. The molecule has 1 aromatic rings. The Morgan fingerprint density at radius 1 is 1.03 bits per heavy atom. The van der Waals surface area contributed by atoms with Gasteiger partial charge in [0.05, 0.1) is 13.7 Å². The molecule has 5 rings (SSSR count). The van der Waals surface area contributed by atoms with Gasteiger partial charge < -0.3 is 14.6 Å². The van der Waals surface area contributed by atoms with Gasteiger partial charge in [0.25, 0.3) is 0 Å². The summed E-state index contributed by atoms with van der Waals surface area (Å²) in [6.07, 6.45) is 10.3. The number of carbonyl (C=O) groups excluding carboxylic acids is 1. The molecule has 0 spiro atoms. The SMILES string of the molecule is COc1ccc(COC2(O)CCC3(C)C(=CCC4C3CCC3(C)C4CCC3(C)C(C)=O)C2)cc1. The average Bonchev–Trinajstić information content (AvgIpc) is 3.11. The van der Waals surface area contributed by atoms with Crippen LogP contribution in [0.2, 0.25) is 0 Å². The molecule has 0 heterocycles. The van der Waals surface area contributed by atoms with E-state index < -0.39 is 5.79 Å². The normalized spacial score (nSPS) is 43.4. The van der Waals surface area contributed by atoms with E-state index in [9.17, 15) is 9.90 Å². The van der Waals surface area contributed by atoms with Crippen LogP contribution in [0.15, 0.2) is 35.9 Å². The van der Waals surface area contributed by atoms with E-state index in [0.717, 1.165) is 37.0 Å². The number of allylic oxidation sites excluding steroid dienone is 1. The summed E-state index contributed by atoms with van der Waals surface area (Å²) in [4.78, 5) is 12.7. The van der Waals surface area contributed by atoms with Crippen molar-refractivity contribution in [1.29, 1.82) is 0 Å². The summed E-state index contributed by atoms with van der Waals surface area (Å²) in [7, 11) is 1.66. The summed E-state index contributed by atoms with van der Waals surface area (Å²) in [5.74, 6) is 2.04. The zero-order valence-corrected chi connectivity index (χ0v) is 21.7. The van der Waals surface area contributed by atoms with Crippen LogP contribution in [0.4, 0.5) is 0 Å². The average molecular weight is 467 g/mol. The molecule has 4 aliphatic carbocycles. The maximum atomic E-state index is 12.7. The predicted molar refractivity (Wildman–Crippen MR) is 133 cm³/mol. The standard InChI is InChI=1S/C30H42O4/c1-20(31)28(3)14-13-26-24-11-8-22-18-30(32,34-19-21-6-9-23(33-5)10-7-21)17-16-27(22,2)25(24)12-15-29(26,28)4/h6-10,24-26,32H,11-19H2,1-5H3. The van der Waals surface area contributed by atoms with E-state index in [0.29, 0.717) is 43.0 Å². The highest BCUT2D eigenvalue weighted by molar-refractivity contribution is 5.83. The number of Topliss-reactive ketones (excluding diaryl/α,β-unsaturated/α-hetero) is 1. The monoisotopic (exact) mass is 466 g/mol. The van der Waals surface area contributed by atoms with E-state index in [1.54, 1.807) is 7.11 Å². The lowest BCUT2D eigenvalue weighted by atomic mass is 9.45. The lowest BCUT2D eigenvalue weighted by Crippen LogP contribution is -2.54. The number of hydrogen-bond donors (Lipinski definition) is 1. The molecule has 0 saturated heterocycles. The predicted octanol–water partition coefficient (Wildman–Crippen LogP) is 6.46. The van der Waals surface area contributed by atoms with Crippen LogP contribution < -0.4 is 4.74 Å². The zero-order valence-electron chi connectivity index (χ0n) is 21.7. The molecule has 34 heavy (non-hydrogen) atoms. The van der Waals surface area contributed by atoms with Gasteiger partial charge in [-0.2, -0.15) is 0 Å². The van der Waals surface area contributed by atoms with Crippen molar-refractivity contribution >= 4 is 5.78 Å². The van der Waals surface area contributed by atoms with Crippen LogP contribution in [0, 0.1) is 34.0 Å². The molecule has 7 atom stereocenters. The zero-order chi connectivity index (χ0) is 24.4. The van der Waals surface area contributed by atoms with Crippen LogP contribution in [0.5, 0.6) is 5.75 Å². The molecule has 0 bridgehead atoms. The Morgan fingerprint density at radius 3 is 2.41 bits per heavy atom. The Bertz CT molecular complexity index is 982. The first-order valence-corrected chi connectivity index (χ1v) is 13.2. The van der Waals surface area contributed by atoms with Crippen LogP contribution in [0.1, 0.15) is 84.6 Å². The first-order valence-electron chi connectivity index (χ1n) is 13.2. The van der Waals surface area contributed by atoms with Crippen molar-refractivity contribution in [3.8, 4) is 5.75 Å². The third kappa shape index (κ3) is 3.51. The van der Waals surface area contributed by atoms with Gasteiger partial charge in [0, 0.05) is 18.3 Å². The molecule has 0 aromatic heterocycles. The van der Waals surface area contributed by atoms with Gasteiger partial charge in [-0.25, -0.2) is 0 Å². The second kappa shape index (κ2) is 8.20. The Hall–Kier alpha value is -1.65. The van der Waals surface area contributed by atoms with Gasteiger partial charge in [-0.05, 0) is 91.7 Å². The van der Waals surface area contributed by atoms with E-state index in [1.165, 1.54) is 18.4 Å². The fourth-order valence-electron chi connectivity index (χ4n) is 8.53. The minimum atomic E-state index is -1.10. The number of hydrogen-bond acceptors (Lipinski definition) is 4. The molecule has 0 aliphatic heterocycles. The summed E-state index contributed by atoms with van der Waals surface area (Å²) in [6, 6.07) is 7.85. The van der Waals surface area contributed by atoms with Crippen LogP contribution in [0.3, 0.4) is 0 Å². The summed E-state index contributed by atoms with van der Waals surface area (Å²) in [5.41, 5.74) is 2.53. The lowest BCUT2D eigenvalue weighted by Gasteiger charge is -2.60. The van der Waals surface area contributed by atoms with Crippen LogP contribution >= 0.6 is 0 Å². The molecule has 186 valence electrons. The third-order valence-electron chi connectivity index (χ3n) is 11.2. The van der Waals surface area contributed by atoms with E-state index in [4.69, 9.17) is 9.47 Å². The van der Waals surface area contributed by atoms with Gasteiger partial charge in [-0.1, -0.05) is 44.6 Å². The van der Waals surface area contributed by atoms with Gasteiger partial charge in [-0.3, -0.25) is 4.79 Å². The Balaban J connectivity index is 1.32. The minimum absolute atomic E-state index is 0.124. The molecule has 4 aliphatic rings. The molecular formula is C30H42O4. The van der Waals surface area contributed by atoms with Crippen molar-refractivity contribution < 1.29 is 19.4 Å². The first-order chi connectivity index (χ1) is 16.0. The number of aliphatic hydroxyl groups is 1. The molecule has 4 heteroatoms. The Morgan fingerprint density at radius 2 is 1.74 bits per heavy atom. The Kier molecular flexibility index (Phi) is 5.80. The number of methoxy groups -OCH3 is 1. The van der Waals surface area contributed by atoms with E-state index >= 15 is 0 Å². The minimum Gasteiger partial charge on any atom is -0.497 e. The molecule has 1 N–H and O–H groups in total. The highest BCUT2D eigenvalue weighted by atomic mass is 16.6. The first kappa shape index (κ1) is 24.1. The topological polar surface area (TPSA) is 55.8 Å². The van der Waals surface area contributed by atoms with Gasteiger partial charge >= 0.3 is 0 Å². The number of benzene rings is 1. The Labute approximate surface area is 205 Å². The van der Waals surface area contributed by atoms with Gasteiger partial charge in [-0.15, -0.1) is 0 Å². The van der Waals surface area contributed by atoms with Crippen LogP contribution in [0.25, 0.3) is 0 Å². The summed E-state index contributed by atoms with van der Waals surface area (Å²) in [5, 5.41) is 11.4. The van der Waals surface area contributed by atoms with Gasteiger partial charge in [0.1, 0.15) is 11.5 Å². The van der Waals surface area contributed by atoms with Crippen molar-refractivity contribution in [3.05, 3.63) is 41.5 Å². The van der Waals surface area contributed by atoms with Gasteiger partial charge in [0.15, 0.2) is 5.79 Å². The van der Waals surface area contributed by atoms with Crippen molar-refractivity contribution in [2.75, 3.05) is 7.11 Å². The molecule has 4 nitrogen and oxygen atoms in total. The van der Waals surface area contributed by atoms with Gasteiger partial charge in [0.2, 0.25) is 0 Å². The molecule has 3 saturated carbocycles. The molecule has 7 unspecified atom stereocenters. The second-order valence-corrected chi connectivity index (χ2v) is 12.4. The number of ether oxygens (including phenoxy) is 2. The third-order valence-corrected chi connectivity index (χ3v) is 11.2. The summed E-state index contributed by atoms with van der Waals surface area (Å²) < 4.78 is 11.4. The number of ketones is 1. The van der Waals surface area contributed by atoms with E-state index in [2.05, 4.69) is 26.8 Å². The fourth-order valence-corrected chi connectivity index (χ4v) is 8.53. The molecule has 0 radical (unpaired) electrons. The van der Waals surface area contributed by atoms with Crippen molar-refractivity contribution in [1.82, 2.24) is 0 Å². The van der Waals surface area contributed by atoms with Crippen molar-refractivity contribution in [2.45, 2.75) is 91.5 Å². The maximum Gasteiger partial charge on any atom is 0.169 e. The van der Waals surface area contributed by atoms with Crippen LogP contribution in [-0.4, -0.2) is 23.8 Å². The van der Waals surface area contributed by atoms with E-state index in [-0.39, 0.29) is 16.2 Å². The lowest BCUT2D eigenvalue weighted by molar-refractivity contribution is -0.231. The number of carbonyl (C=O) groups is 1. The molecular weight excluding hydrogens is 424 g/mol. The smallest absolute Gasteiger partial charge is 0.169 e. The second-order valence-electron chi connectivity index (χ2n) is 12.4. The highest BCUT2D eigenvalue weighted by Gasteiger charge is 2.64. The highest BCUT2D eigenvalue weighted by Crippen LogP contribution is 2.70. The van der Waals surface area contributed by atoms with Crippen molar-refractivity contribution in [2.24, 2.45) is 34.0 Å². The van der Waals surface area contributed by atoms with E-state index in [1.807, 2.05) is 31.2 Å². The maximum absolute atomic E-state index is 12.7. The summed E-state index contributed by atoms with van der Waals surface area (Å²) in [6.45, 7) is 9.31. The number of fused-ring (bicyclic) bond motifs is 5. The quantitative estimate of drug-likeness (QED) is 0.400. The number of rotatable bonds is 5. The van der Waals surface area contributed by atoms with Crippen LogP contribution in [-0.2, 0) is 16.1 Å².